The average Bonchev–Trinajstić information content (AvgIpc) is 2.78. The number of amidine groups is 1. The molecule has 0 saturated heterocycles. The Kier molecular flexibility index (Phi) is 4.31. The molecule has 2 aliphatic rings. The second-order valence-electron chi connectivity index (χ2n) is 4.92. The third-order valence-electron chi connectivity index (χ3n) is 3.51. The van der Waals surface area contributed by atoms with Crippen molar-refractivity contribution >= 4 is 22.8 Å². The van der Waals surface area contributed by atoms with Crippen LogP contribution in [-0.4, -0.2) is 36.5 Å². The number of hydrogen-bond donors (Lipinski definition) is 2. The summed E-state index contributed by atoms with van der Waals surface area (Å²) in [4.78, 5) is 15.9. The Balaban J connectivity index is 1.76. The van der Waals surface area contributed by atoms with Crippen LogP contribution in [0, 0.1) is 5.41 Å². The van der Waals surface area contributed by atoms with E-state index < -0.39 is 0 Å². The van der Waals surface area contributed by atoms with E-state index in [0.717, 1.165) is 17.5 Å². The standard InChI is InChI=1S/C12H21N3OS/c1-2-13-10(16)7-14-11-15-8-12(9-17-11)5-3-4-6-12/h2-9H2,1H3,(H,13,16)(H,14,15). The molecule has 0 radical (unpaired) electrons. The summed E-state index contributed by atoms with van der Waals surface area (Å²) in [6, 6.07) is 0. The Hall–Kier alpha value is -0.710. The van der Waals surface area contributed by atoms with Crippen LogP contribution in [0.2, 0.25) is 0 Å². The molecule has 0 aromatic carbocycles. The zero-order valence-corrected chi connectivity index (χ0v) is 11.2. The van der Waals surface area contributed by atoms with Crippen LogP contribution >= 0.6 is 11.8 Å². The first-order chi connectivity index (χ1) is 8.24. The summed E-state index contributed by atoms with van der Waals surface area (Å²) < 4.78 is 0. The van der Waals surface area contributed by atoms with Gasteiger partial charge in [0.2, 0.25) is 5.91 Å². The number of nitrogens with zero attached hydrogens (tertiary/aromatic N) is 1. The maximum absolute atomic E-state index is 11.3. The lowest BCUT2D eigenvalue weighted by atomic mass is 9.89. The van der Waals surface area contributed by atoms with Crippen molar-refractivity contribution in [2.24, 2.45) is 10.4 Å². The largest absolute Gasteiger partial charge is 0.356 e. The fourth-order valence-corrected chi connectivity index (χ4v) is 3.66. The van der Waals surface area contributed by atoms with Gasteiger partial charge in [0, 0.05) is 18.8 Å². The van der Waals surface area contributed by atoms with Crippen LogP contribution in [0.5, 0.6) is 0 Å². The summed E-state index contributed by atoms with van der Waals surface area (Å²) in [6.07, 6.45) is 5.37. The van der Waals surface area contributed by atoms with E-state index in [1.54, 1.807) is 11.8 Å². The molecule has 0 aromatic heterocycles. The molecule has 1 amide bonds. The number of nitrogens with one attached hydrogen (secondary N) is 2. The van der Waals surface area contributed by atoms with E-state index in [1.165, 1.54) is 25.7 Å². The third-order valence-corrected chi connectivity index (χ3v) is 4.82. The number of aliphatic imine (C=N–C) groups is 1. The van der Waals surface area contributed by atoms with Gasteiger partial charge in [-0.1, -0.05) is 24.6 Å². The second kappa shape index (κ2) is 5.76. The summed E-state index contributed by atoms with van der Waals surface area (Å²) in [5.41, 5.74) is 0.474. The minimum Gasteiger partial charge on any atom is -0.356 e. The minimum atomic E-state index is 0.0388. The molecule has 0 atom stereocenters. The van der Waals surface area contributed by atoms with Gasteiger partial charge in [-0.25, -0.2) is 0 Å². The van der Waals surface area contributed by atoms with Crippen molar-refractivity contribution in [2.75, 3.05) is 25.4 Å². The number of rotatable bonds is 3. The van der Waals surface area contributed by atoms with Gasteiger partial charge in [0.1, 0.15) is 0 Å². The van der Waals surface area contributed by atoms with Crippen LogP contribution in [0.15, 0.2) is 4.99 Å². The highest BCUT2D eigenvalue weighted by molar-refractivity contribution is 8.13. The van der Waals surface area contributed by atoms with Crippen molar-refractivity contribution in [1.29, 1.82) is 0 Å². The fraction of sp³-hybridized carbons (Fsp3) is 0.833. The van der Waals surface area contributed by atoms with Crippen LogP contribution in [0.3, 0.4) is 0 Å². The number of carbonyl (C=O) groups is 1. The molecule has 4 nitrogen and oxygen atoms in total. The minimum absolute atomic E-state index is 0.0388. The first-order valence-corrected chi connectivity index (χ1v) is 7.40. The quantitative estimate of drug-likeness (QED) is 0.801. The van der Waals surface area contributed by atoms with Crippen molar-refractivity contribution in [1.82, 2.24) is 10.6 Å². The van der Waals surface area contributed by atoms with Crippen molar-refractivity contribution in [3.63, 3.8) is 0 Å². The first-order valence-electron chi connectivity index (χ1n) is 6.42. The highest BCUT2D eigenvalue weighted by Crippen LogP contribution is 2.43. The van der Waals surface area contributed by atoms with E-state index in [-0.39, 0.29) is 5.91 Å². The molecule has 1 aliphatic carbocycles. The average molecular weight is 255 g/mol. The molecule has 1 fully saturated rings. The molecule has 1 spiro atoms. The smallest absolute Gasteiger partial charge is 0.239 e. The van der Waals surface area contributed by atoms with Crippen LogP contribution in [0.1, 0.15) is 32.6 Å². The highest BCUT2D eigenvalue weighted by atomic mass is 32.2. The van der Waals surface area contributed by atoms with Gasteiger partial charge in [-0.2, -0.15) is 0 Å². The van der Waals surface area contributed by atoms with E-state index in [1.807, 2.05) is 6.92 Å². The summed E-state index contributed by atoms with van der Waals surface area (Å²) in [5.74, 6) is 1.20. The van der Waals surface area contributed by atoms with E-state index in [0.29, 0.717) is 18.5 Å². The molecule has 17 heavy (non-hydrogen) atoms. The summed E-state index contributed by atoms with van der Waals surface area (Å²) >= 11 is 1.78. The summed E-state index contributed by atoms with van der Waals surface area (Å²) in [7, 11) is 0. The monoisotopic (exact) mass is 255 g/mol. The topological polar surface area (TPSA) is 53.5 Å². The molecule has 1 saturated carbocycles. The molecule has 0 bridgehead atoms. The number of carbonyl (C=O) groups excluding carboxylic acids is 1. The lowest BCUT2D eigenvalue weighted by molar-refractivity contribution is -0.119. The Morgan fingerprint density at radius 1 is 1.47 bits per heavy atom. The van der Waals surface area contributed by atoms with Crippen molar-refractivity contribution in [3.8, 4) is 0 Å². The molecular formula is C12H21N3OS. The van der Waals surface area contributed by atoms with E-state index in [9.17, 15) is 4.79 Å². The Morgan fingerprint density at radius 2 is 2.24 bits per heavy atom. The van der Waals surface area contributed by atoms with Gasteiger partial charge in [0.05, 0.1) is 6.54 Å². The molecule has 96 valence electrons. The zero-order valence-electron chi connectivity index (χ0n) is 10.4. The van der Waals surface area contributed by atoms with Crippen molar-refractivity contribution in [2.45, 2.75) is 32.6 Å². The van der Waals surface area contributed by atoms with E-state index in [4.69, 9.17) is 0 Å². The molecule has 0 aromatic rings. The maximum atomic E-state index is 11.3. The number of likely N-dealkylation sites (N-methyl/N-ethyl adjacent to an activating group) is 1. The van der Waals surface area contributed by atoms with Gasteiger partial charge < -0.3 is 10.6 Å². The van der Waals surface area contributed by atoms with E-state index >= 15 is 0 Å². The van der Waals surface area contributed by atoms with Crippen LogP contribution in [-0.2, 0) is 4.79 Å². The van der Waals surface area contributed by atoms with Gasteiger partial charge >= 0.3 is 0 Å². The molecule has 5 heteroatoms. The molecule has 1 aliphatic heterocycles. The Morgan fingerprint density at radius 3 is 2.82 bits per heavy atom. The van der Waals surface area contributed by atoms with Gasteiger partial charge in [0.25, 0.3) is 0 Å². The lowest BCUT2D eigenvalue weighted by Crippen LogP contribution is -2.39. The summed E-state index contributed by atoms with van der Waals surface area (Å²) in [5, 5.41) is 6.82. The molecular weight excluding hydrogens is 234 g/mol. The fourth-order valence-electron chi connectivity index (χ4n) is 2.50. The molecule has 2 rings (SSSR count). The first kappa shape index (κ1) is 12.7. The van der Waals surface area contributed by atoms with Crippen LogP contribution in [0.4, 0.5) is 0 Å². The molecule has 1 heterocycles. The third kappa shape index (κ3) is 3.37. The summed E-state index contributed by atoms with van der Waals surface area (Å²) in [6.45, 7) is 3.89. The maximum Gasteiger partial charge on any atom is 0.239 e. The SMILES string of the molecule is CCNC(=O)CNC1=NCC2(CCCC2)CS1. The van der Waals surface area contributed by atoms with Crippen LogP contribution in [0.25, 0.3) is 0 Å². The Labute approximate surface area is 107 Å². The van der Waals surface area contributed by atoms with Gasteiger partial charge in [-0.05, 0) is 25.2 Å². The van der Waals surface area contributed by atoms with Crippen molar-refractivity contribution < 1.29 is 4.79 Å². The van der Waals surface area contributed by atoms with Crippen molar-refractivity contribution in [3.05, 3.63) is 0 Å². The lowest BCUT2D eigenvalue weighted by Gasteiger charge is -2.30. The van der Waals surface area contributed by atoms with Gasteiger partial charge in [0.15, 0.2) is 5.17 Å². The molecule has 0 unspecified atom stereocenters. The van der Waals surface area contributed by atoms with Gasteiger partial charge in [-0.15, -0.1) is 0 Å². The number of thioether (sulfide) groups is 1. The highest BCUT2D eigenvalue weighted by Gasteiger charge is 2.36. The predicted molar refractivity (Wildman–Crippen MR) is 72.3 cm³/mol. The predicted octanol–water partition coefficient (Wildman–Crippen LogP) is 1.38. The zero-order chi connectivity index (χ0) is 12.1. The second-order valence-corrected chi connectivity index (χ2v) is 5.89. The number of hydrogen-bond acceptors (Lipinski definition) is 4. The normalized spacial score (nSPS) is 22.3. The van der Waals surface area contributed by atoms with Crippen LogP contribution < -0.4 is 10.6 Å². The Bertz CT molecular complexity index is 311. The van der Waals surface area contributed by atoms with Gasteiger partial charge in [-0.3, -0.25) is 9.79 Å². The van der Waals surface area contributed by atoms with E-state index in [2.05, 4.69) is 15.6 Å². The molecule has 2 N–H and O–H groups in total. The number of amides is 1.